The van der Waals surface area contributed by atoms with Crippen LogP contribution in [-0.2, 0) is 14.3 Å². The van der Waals surface area contributed by atoms with E-state index in [1.807, 2.05) is 0 Å². The number of hydrogen-bond acceptors (Lipinski definition) is 6. The highest BCUT2D eigenvalue weighted by molar-refractivity contribution is 6.31. The topological polar surface area (TPSA) is 119 Å². The van der Waals surface area contributed by atoms with Gasteiger partial charge in [0.15, 0.2) is 0 Å². The molecule has 2 amide bonds. The van der Waals surface area contributed by atoms with E-state index >= 15 is 0 Å². The van der Waals surface area contributed by atoms with E-state index < -0.39 is 22.7 Å². The SMILES string of the molecule is CCOC(=O)c1ccc(N2NC(=O)/C(=C/c3cccc([N+](=O)[O-])c3)C2=O)cc1. The Kier molecular flexibility index (Phi) is 5.16. The van der Waals surface area contributed by atoms with E-state index in [9.17, 15) is 24.5 Å². The van der Waals surface area contributed by atoms with Crippen molar-refractivity contribution in [3.63, 3.8) is 0 Å². The zero-order chi connectivity index (χ0) is 20.3. The van der Waals surface area contributed by atoms with Gasteiger partial charge in [-0.15, -0.1) is 0 Å². The van der Waals surface area contributed by atoms with E-state index in [1.54, 1.807) is 13.0 Å². The lowest BCUT2D eigenvalue weighted by molar-refractivity contribution is -0.384. The third kappa shape index (κ3) is 3.73. The Bertz CT molecular complexity index is 997. The van der Waals surface area contributed by atoms with E-state index in [2.05, 4.69) is 5.43 Å². The predicted molar refractivity (Wildman–Crippen MR) is 99.1 cm³/mol. The molecule has 142 valence electrons. The van der Waals surface area contributed by atoms with Crippen molar-refractivity contribution in [2.75, 3.05) is 11.6 Å². The van der Waals surface area contributed by atoms with Gasteiger partial charge in [-0.3, -0.25) is 25.1 Å². The van der Waals surface area contributed by atoms with Gasteiger partial charge in [0.05, 0.1) is 22.8 Å². The number of nitrogens with zero attached hydrogens (tertiary/aromatic N) is 2. The summed E-state index contributed by atoms with van der Waals surface area (Å²) in [7, 11) is 0. The lowest BCUT2D eigenvalue weighted by atomic mass is 10.1. The molecular formula is C19H15N3O6. The van der Waals surface area contributed by atoms with Crippen LogP contribution in [0.25, 0.3) is 6.08 Å². The maximum atomic E-state index is 12.6. The van der Waals surface area contributed by atoms with Gasteiger partial charge in [0, 0.05) is 12.1 Å². The molecule has 2 aromatic carbocycles. The third-order valence-electron chi connectivity index (χ3n) is 3.92. The van der Waals surface area contributed by atoms with E-state index in [-0.39, 0.29) is 17.9 Å². The second-order valence-electron chi connectivity index (χ2n) is 5.76. The maximum absolute atomic E-state index is 12.6. The molecule has 0 atom stereocenters. The zero-order valence-corrected chi connectivity index (χ0v) is 14.7. The summed E-state index contributed by atoms with van der Waals surface area (Å²) in [4.78, 5) is 46.8. The minimum atomic E-state index is -0.633. The summed E-state index contributed by atoms with van der Waals surface area (Å²) in [5, 5.41) is 11.9. The van der Waals surface area contributed by atoms with Crippen LogP contribution in [-0.4, -0.2) is 29.3 Å². The van der Waals surface area contributed by atoms with Crippen molar-refractivity contribution in [3.05, 3.63) is 75.3 Å². The lowest BCUT2D eigenvalue weighted by Gasteiger charge is -2.14. The highest BCUT2D eigenvalue weighted by atomic mass is 16.6. The van der Waals surface area contributed by atoms with Crippen molar-refractivity contribution >= 4 is 35.2 Å². The summed E-state index contributed by atoms with van der Waals surface area (Å²) in [5.41, 5.74) is 3.15. The molecule has 1 N–H and O–H groups in total. The second kappa shape index (κ2) is 7.70. The first-order chi connectivity index (χ1) is 13.4. The fourth-order valence-electron chi connectivity index (χ4n) is 2.60. The summed E-state index contributed by atoms with van der Waals surface area (Å²) >= 11 is 0. The van der Waals surface area contributed by atoms with Crippen molar-refractivity contribution in [1.82, 2.24) is 5.43 Å². The Hall–Kier alpha value is -4.01. The lowest BCUT2D eigenvalue weighted by Crippen LogP contribution is -2.35. The number of carbonyl (C=O) groups excluding carboxylic acids is 3. The van der Waals surface area contributed by atoms with Gasteiger partial charge in [0.2, 0.25) is 0 Å². The minimum Gasteiger partial charge on any atom is -0.462 e. The molecule has 0 spiro atoms. The maximum Gasteiger partial charge on any atom is 0.338 e. The number of non-ortho nitro benzene ring substituents is 1. The van der Waals surface area contributed by atoms with Crippen LogP contribution in [0, 0.1) is 10.1 Å². The highest BCUT2D eigenvalue weighted by Crippen LogP contribution is 2.23. The number of benzene rings is 2. The molecule has 2 aromatic rings. The van der Waals surface area contributed by atoms with Crippen molar-refractivity contribution in [3.8, 4) is 0 Å². The van der Waals surface area contributed by atoms with E-state index in [4.69, 9.17) is 4.74 Å². The van der Waals surface area contributed by atoms with Crippen LogP contribution in [0.3, 0.4) is 0 Å². The Morgan fingerprint density at radius 2 is 1.93 bits per heavy atom. The Morgan fingerprint density at radius 3 is 2.57 bits per heavy atom. The molecule has 0 radical (unpaired) electrons. The fourth-order valence-corrected chi connectivity index (χ4v) is 2.60. The normalized spacial score (nSPS) is 14.9. The number of esters is 1. The van der Waals surface area contributed by atoms with Crippen LogP contribution in [0.4, 0.5) is 11.4 Å². The molecule has 0 saturated carbocycles. The molecule has 1 saturated heterocycles. The molecule has 9 nitrogen and oxygen atoms in total. The predicted octanol–water partition coefficient (Wildman–Crippen LogP) is 2.23. The number of amides is 2. The van der Waals surface area contributed by atoms with Gasteiger partial charge in [-0.25, -0.2) is 9.80 Å². The molecule has 0 aliphatic carbocycles. The molecule has 0 bridgehead atoms. The summed E-state index contributed by atoms with van der Waals surface area (Å²) in [6, 6.07) is 11.6. The standard InChI is InChI=1S/C19H15N3O6/c1-2-28-19(25)13-6-8-14(9-7-13)21-18(24)16(17(23)20-21)11-12-4-3-5-15(10-12)22(26)27/h3-11H,2H2,1H3,(H,20,23)/b16-11-. The van der Waals surface area contributed by atoms with E-state index in [0.717, 1.165) is 5.01 Å². The molecule has 1 fully saturated rings. The third-order valence-corrected chi connectivity index (χ3v) is 3.92. The zero-order valence-electron chi connectivity index (χ0n) is 14.7. The first kappa shape index (κ1) is 18.8. The molecule has 0 aromatic heterocycles. The minimum absolute atomic E-state index is 0.147. The molecule has 3 rings (SSSR count). The first-order valence-electron chi connectivity index (χ1n) is 8.29. The Labute approximate surface area is 159 Å². The molecular weight excluding hydrogens is 366 g/mol. The van der Waals surface area contributed by atoms with Crippen LogP contribution in [0.2, 0.25) is 0 Å². The van der Waals surface area contributed by atoms with Gasteiger partial charge in [0.25, 0.3) is 17.5 Å². The average Bonchev–Trinajstić information content (AvgIpc) is 2.97. The van der Waals surface area contributed by atoms with Gasteiger partial charge < -0.3 is 4.74 Å². The molecule has 0 unspecified atom stereocenters. The number of hydrogen-bond donors (Lipinski definition) is 1. The average molecular weight is 381 g/mol. The van der Waals surface area contributed by atoms with Crippen molar-refractivity contribution in [2.45, 2.75) is 6.92 Å². The monoisotopic (exact) mass is 381 g/mol. The van der Waals surface area contributed by atoms with Crippen molar-refractivity contribution < 1.29 is 24.0 Å². The van der Waals surface area contributed by atoms with Crippen LogP contribution in [0.5, 0.6) is 0 Å². The van der Waals surface area contributed by atoms with Crippen LogP contribution in [0.1, 0.15) is 22.8 Å². The van der Waals surface area contributed by atoms with Gasteiger partial charge in [-0.05, 0) is 42.8 Å². The molecule has 28 heavy (non-hydrogen) atoms. The van der Waals surface area contributed by atoms with Gasteiger partial charge in [0.1, 0.15) is 5.57 Å². The van der Waals surface area contributed by atoms with Gasteiger partial charge >= 0.3 is 5.97 Å². The molecule has 1 heterocycles. The summed E-state index contributed by atoms with van der Waals surface area (Å²) in [5.74, 6) is -1.73. The number of nitrogens with one attached hydrogen (secondary N) is 1. The number of ether oxygens (including phenoxy) is 1. The number of nitro groups is 1. The highest BCUT2D eigenvalue weighted by Gasteiger charge is 2.34. The van der Waals surface area contributed by atoms with E-state index in [0.29, 0.717) is 16.8 Å². The summed E-state index contributed by atoms with van der Waals surface area (Å²) in [6.07, 6.45) is 1.29. The number of carbonyl (C=O) groups is 3. The van der Waals surface area contributed by atoms with Crippen molar-refractivity contribution in [1.29, 1.82) is 0 Å². The number of rotatable bonds is 5. The van der Waals surface area contributed by atoms with Crippen molar-refractivity contribution in [2.24, 2.45) is 0 Å². The largest absolute Gasteiger partial charge is 0.462 e. The van der Waals surface area contributed by atoms with Gasteiger partial charge in [-0.1, -0.05) is 12.1 Å². The number of nitro benzene ring substituents is 1. The molecule has 1 aliphatic heterocycles. The van der Waals surface area contributed by atoms with Crippen LogP contribution in [0.15, 0.2) is 54.1 Å². The summed E-state index contributed by atoms with van der Waals surface area (Å²) < 4.78 is 4.90. The van der Waals surface area contributed by atoms with Crippen LogP contribution >= 0.6 is 0 Å². The Morgan fingerprint density at radius 1 is 1.21 bits per heavy atom. The Balaban J connectivity index is 1.84. The summed E-state index contributed by atoms with van der Waals surface area (Å²) in [6.45, 7) is 1.94. The molecule has 1 aliphatic rings. The fraction of sp³-hybridized carbons (Fsp3) is 0.105. The second-order valence-corrected chi connectivity index (χ2v) is 5.76. The molecule has 9 heteroatoms. The number of anilines is 1. The smallest absolute Gasteiger partial charge is 0.338 e. The number of hydrazine groups is 1. The van der Waals surface area contributed by atoms with Gasteiger partial charge in [-0.2, -0.15) is 0 Å². The van der Waals surface area contributed by atoms with E-state index in [1.165, 1.54) is 48.5 Å². The van der Waals surface area contributed by atoms with Crippen LogP contribution < -0.4 is 10.4 Å². The quantitative estimate of drug-likeness (QED) is 0.279. The first-order valence-corrected chi connectivity index (χ1v) is 8.29.